The van der Waals surface area contributed by atoms with Gasteiger partial charge in [0.05, 0.1) is 11.5 Å². The summed E-state index contributed by atoms with van der Waals surface area (Å²) in [5.41, 5.74) is 1.91. The molecule has 3 nitrogen and oxygen atoms in total. The van der Waals surface area contributed by atoms with E-state index < -0.39 is 5.97 Å². The molecule has 2 aromatic carbocycles. The van der Waals surface area contributed by atoms with Crippen molar-refractivity contribution in [2.24, 2.45) is 0 Å². The Morgan fingerprint density at radius 2 is 1.86 bits per heavy atom. The second kappa shape index (κ2) is 6.68. The van der Waals surface area contributed by atoms with Crippen LogP contribution in [0.3, 0.4) is 0 Å². The molecule has 0 saturated carbocycles. The summed E-state index contributed by atoms with van der Waals surface area (Å²) in [6, 6.07) is 11.7. The number of benzene rings is 2. The van der Waals surface area contributed by atoms with Crippen molar-refractivity contribution < 1.29 is 14.6 Å². The zero-order valence-corrected chi connectivity index (χ0v) is 13.2. The number of aryl methyl sites for hydroxylation is 2. The van der Waals surface area contributed by atoms with Crippen molar-refractivity contribution in [3.63, 3.8) is 0 Å². The number of esters is 1. The first-order valence-electron chi connectivity index (χ1n) is 6.77. The first-order valence-corrected chi connectivity index (χ1v) is 7.59. The molecule has 0 amide bonds. The van der Waals surface area contributed by atoms with Crippen molar-refractivity contribution in [1.29, 1.82) is 0 Å². The zero-order valence-electron chi connectivity index (χ0n) is 12.3. The van der Waals surface area contributed by atoms with E-state index in [1.54, 1.807) is 13.8 Å². The Labute approximate surface area is 129 Å². The molecule has 21 heavy (non-hydrogen) atoms. The third-order valence-corrected chi connectivity index (χ3v) is 4.31. The van der Waals surface area contributed by atoms with Crippen molar-refractivity contribution in [2.75, 3.05) is 6.61 Å². The summed E-state index contributed by atoms with van der Waals surface area (Å²) in [5.74, 6) is -0.484. The molecule has 2 aromatic rings. The Morgan fingerprint density at radius 3 is 2.48 bits per heavy atom. The van der Waals surface area contributed by atoms with Crippen LogP contribution in [0.4, 0.5) is 0 Å². The Morgan fingerprint density at radius 1 is 1.19 bits per heavy atom. The minimum atomic E-state index is -0.484. The first kappa shape index (κ1) is 15.4. The third kappa shape index (κ3) is 3.39. The number of rotatable bonds is 4. The molecule has 0 aromatic heterocycles. The van der Waals surface area contributed by atoms with Crippen LogP contribution in [0.15, 0.2) is 46.2 Å². The highest BCUT2D eigenvalue weighted by atomic mass is 32.2. The number of hydrogen-bond acceptors (Lipinski definition) is 4. The molecule has 0 saturated heterocycles. The van der Waals surface area contributed by atoms with Crippen LogP contribution in [0.5, 0.6) is 5.75 Å². The minimum absolute atomic E-state index is 0.000182. The summed E-state index contributed by atoms with van der Waals surface area (Å²) in [6.45, 7) is 5.76. The van der Waals surface area contributed by atoms with Gasteiger partial charge in [-0.1, -0.05) is 36.0 Å². The molecule has 0 spiro atoms. The Bertz CT molecular complexity index is 651. The van der Waals surface area contributed by atoms with Crippen molar-refractivity contribution in [3.05, 3.63) is 53.1 Å². The molecular weight excluding hydrogens is 284 g/mol. The lowest BCUT2D eigenvalue weighted by molar-refractivity contribution is 0.0521. The monoisotopic (exact) mass is 302 g/mol. The van der Waals surface area contributed by atoms with Crippen molar-refractivity contribution in [1.82, 2.24) is 0 Å². The van der Waals surface area contributed by atoms with Gasteiger partial charge in [-0.05, 0) is 44.0 Å². The van der Waals surface area contributed by atoms with E-state index in [-0.39, 0.29) is 17.9 Å². The van der Waals surface area contributed by atoms with E-state index in [1.165, 1.54) is 11.8 Å². The van der Waals surface area contributed by atoms with E-state index >= 15 is 0 Å². The average molecular weight is 302 g/mol. The van der Waals surface area contributed by atoms with Crippen molar-refractivity contribution in [3.8, 4) is 5.75 Å². The molecule has 0 bridgehead atoms. The third-order valence-electron chi connectivity index (χ3n) is 3.08. The summed E-state index contributed by atoms with van der Waals surface area (Å²) in [6.07, 6.45) is 0. The second-order valence-corrected chi connectivity index (χ2v) is 5.78. The Balaban J connectivity index is 2.46. The molecule has 1 N–H and O–H groups in total. The van der Waals surface area contributed by atoms with E-state index in [1.807, 2.05) is 43.3 Å². The lowest BCUT2D eigenvalue weighted by atomic mass is 10.0. The summed E-state index contributed by atoms with van der Waals surface area (Å²) in [7, 11) is 0. The fraction of sp³-hybridized carbons (Fsp3) is 0.235. The quantitative estimate of drug-likeness (QED) is 0.854. The topological polar surface area (TPSA) is 46.5 Å². The smallest absolute Gasteiger partial charge is 0.342 e. The highest BCUT2D eigenvalue weighted by molar-refractivity contribution is 7.99. The van der Waals surface area contributed by atoms with Crippen LogP contribution in [-0.4, -0.2) is 17.7 Å². The fourth-order valence-electron chi connectivity index (χ4n) is 2.15. The van der Waals surface area contributed by atoms with Gasteiger partial charge in [0.1, 0.15) is 11.3 Å². The van der Waals surface area contributed by atoms with Gasteiger partial charge in [0.25, 0.3) is 0 Å². The number of ether oxygens (including phenoxy) is 1. The van der Waals surface area contributed by atoms with Gasteiger partial charge in [0.2, 0.25) is 0 Å². The molecule has 0 aliphatic rings. The van der Waals surface area contributed by atoms with Gasteiger partial charge in [0, 0.05) is 4.90 Å². The van der Waals surface area contributed by atoms with Gasteiger partial charge in [-0.2, -0.15) is 0 Å². The van der Waals surface area contributed by atoms with Crippen LogP contribution in [0.1, 0.15) is 28.4 Å². The zero-order chi connectivity index (χ0) is 15.4. The molecular formula is C17H18O3S. The predicted octanol–water partition coefficient (Wildman–Crippen LogP) is 4.34. The Hall–Kier alpha value is -1.94. The normalized spacial score (nSPS) is 10.4. The Kier molecular flexibility index (Phi) is 4.91. The van der Waals surface area contributed by atoms with Gasteiger partial charge >= 0.3 is 5.97 Å². The standard InChI is InChI=1S/C17H18O3S/c1-4-20-17(19)14-11(2)10-12(3)16(15(14)18)21-13-8-6-5-7-9-13/h5-10,18H,4H2,1-3H3. The second-order valence-electron chi connectivity index (χ2n) is 4.70. The average Bonchev–Trinajstić information content (AvgIpc) is 2.44. The summed E-state index contributed by atoms with van der Waals surface area (Å²) < 4.78 is 5.03. The van der Waals surface area contributed by atoms with Crippen LogP contribution in [0.25, 0.3) is 0 Å². The highest BCUT2D eigenvalue weighted by Crippen LogP contribution is 2.40. The van der Waals surface area contributed by atoms with Crippen molar-refractivity contribution >= 4 is 17.7 Å². The number of phenolic OH excluding ortho intramolecular Hbond substituents is 1. The molecule has 0 atom stereocenters. The first-order chi connectivity index (χ1) is 10.0. The van der Waals surface area contributed by atoms with Gasteiger partial charge in [0.15, 0.2) is 0 Å². The number of carbonyl (C=O) groups is 1. The minimum Gasteiger partial charge on any atom is -0.506 e. The molecule has 2 rings (SSSR count). The summed E-state index contributed by atoms with van der Waals surface area (Å²) >= 11 is 1.44. The van der Waals surface area contributed by atoms with Crippen LogP contribution >= 0.6 is 11.8 Å². The molecule has 0 heterocycles. The molecule has 4 heteroatoms. The highest BCUT2D eigenvalue weighted by Gasteiger charge is 2.21. The molecule has 0 radical (unpaired) electrons. The van der Waals surface area contributed by atoms with Crippen molar-refractivity contribution in [2.45, 2.75) is 30.6 Å². The van der Waals surface area contributed by atoms with Crippen LogP contribution in [0, 0.1) is 13.8 Å². The summed E-state index contributed by atoms with van der Waals surface area (Å²) in [5, 5.41) is 10.5. The van der Waals surface area contributed by atoms with Crippen LogP contribution < -0.4 is 0 Å². The number of phenols is 1. The number of carbonyl (C=O) groups excluding carboxylic acids is 1. The van der Waals surface area contributed by atoms with E-state index in [0.717, 1.165) is 16.0 Å². The van der Waals surface area contributed by atoms with Gasteiger partial charge in [-0.15, -0.1) is 0 Å². The lowest BCUT2D eigenvalue weighted by Crippen LogP contribution is -2.08. The molecule has 0 fully saturated rings. The van der Waals surface area contributed by atoms with Gasteiger partial charge in [-0.25, -0.2) is 4.79 Å². The maximum Gasteiger partial charge on any atom is 0.342 e. The molecule has 110 valence electrons. The largest absolute Gasteiger partial charge is 0.506 e. The fourth-order valence-corrected chi connectivity index (χ4v) is 3.09. The maximum absolute atomic E-state index is 12.0. The number of hydrogen-bond donors (Lipinski definition) is 1. The van der Waals surface area contributed by atoms with Crippen LogP contribution in [-0.2, 0) is 4.74 Å². The number of aromatic hydroxyl groups is 1. The van der Waals surface area contributed by atoms with E-state index in [9.17, 15) is 9.90 Å². The van der Waals surface area contributed by atoms with E-state index in [2.05, 4.69) is 0 Å². The summed E-state index contributed by atoms with van der Waals surface area (Å²) in [4.78, 5) is 13.7. The van der Waals surface area contributed by atoms with Gasteiger partial charge < -0.3 is 9.84 Å². The van der Waals surface area contributed by atoms with E-state index in [0.29, 0.717) is 4.90 Å². The van der Waals surface area contributed by atoms with Gasteiger partial charge in [-0.3, -0.25) is 0 Å². The molecule has 0 aliphatic heterocycles. The lowest BCUT2D eigenvalue weighted by Gasteiger charge is -2.14. The van der Waals surface area contributed by atoms with E-state index in [4.69, 9.17) is 4.74 Å². The predicted molar refractivity (Wildman–Crippen MR) is 84.1 cm³/mol. The van der Waals surface area contributed by atoms with Crippen LogP contribution in [0.2, 0.25) is 0 Å². The molecule has 0 aliphatic carbocycles. The SMILES string of the molecule is CCOC(=O)c1c(C)cc(C)c(Sc2ccccc2)c1O. The maximum atomic E-state index is 12.0. The molecule has 0 unspecified atom stereocenters.